The van der Waals surface area contributed by atoms with Gasteiger partial charge in [0.05, 0.1) is 18.8 Å². The fraction of sp³-hybridized carbons (Fsp3) is 0.571. The molecule has 0 amide bonds. The van der Waals surface area contributed by atoms with E-state index < -0.39 is 18.9 Å². The minimum absolute atomic E-state index is 0.0157. The minimum Gasteiger partial charge on any atom is -0.463 e. The van der Waals surface area contributed by atoms with Crippen LogP contribution in [0.25, 0.3) is 0 Å². The molecule has 1 aromatic rings. The molecule has 168 valence electrons. The number of ether oxygens (including phenoxy) is 6. The van der Waals surface area contributed by atoms with Crippen molar-refractivity contribution in [1.29, 1.82) is 0 Å². The van der Waals surface area contributed by atoms with Gasteiger partial charge in [-0.15, -0.1) is 15.0 Å². The van der Waals surface area contributed by atoms with E-state index in [9.17, 15) is 0 Å². The van der Waals surface area contributed by atoms with Crippen molar-refractivity contribution < 1.29 is 28.4 Å². The standard InChI is InChI=1S/C21H33N3O6/c1-7-13-16(25-10-4)28-19-22-20(29-17(14-8-2)26-11-5)24-21(23-19)30-18(15-9-3)27-12-6/h10-12,16-18H,4-9,13-15H2,1-3H3. The number of nitrogens with zero attached hydrogens (tertiary/aromatic N) is 3. The first-order valence-corrected chi connectivity index (χ1v) is 10.1. The fourth-order valence-electron chi connectivity index (χ4n) is 2.32. The molecule has 0 aromatic carbocycles. The van der Waals surface area contributed by atoms with Gasteiger partial charge in [0, 0.05) is 19.3 Å². The van der Waals surface area contributed by atoms with Gasteiger partial charge < -0.3 is 28.4 Å². The van der Waals surface area contributed by atoms with Gasteiger partial charge in [-0.3, -0.25) is 0 Å². The second kappa shape index (κ2) is 14.9. The third-order valence-electron chi connectivity index (χ3n) is 3.60. The Balaban J connectivity index is 3.15. The molecule has 3 atom stereocenters. The highest BCUT2D eigenvalue weighted by molar-refractivity contribution is 5.09. The molecule has 0 bridgehead atoms. The molecule has 0 fully saturated rings. The van der Waals surface area contributed by atoms with E-state index in [0.717, 1.165) is 19.3 Å². The first-order chi connectivity index (χ1) is 14.6. The highest BCUT2D eigenvalue weighted by atomic mass is 16.7. The van der Waals surface area contributed by atoms with Gasteiger partial charge in [0.2, 0.25) is 18.9 Å². The van der Waals surface area contributed by atoms with Crippen LogP contribution in [0.1, 0.15) is 59.3 Å². The van der Waals surface area contributed by atoms with Crippen molar-refractivity contribution >= 4 is 0 Å². The molecule has 0 saturated heterocycles. The van der Waals surface area contributed by atoms with Crippen LogP contribution in [-0.4, -0.2) is 33.8 Å². The Morgan fingerprint density at radius 3 is 1.07 bits per heavy atom. The van der Waals surface area contributed by atoms with Crippen molar-refractivity contribution in [2.45, 2.75) is 78.2 Å². The summed E-state index contributed by atoms with van der Waals surface area (Å²) in [5.74, 6) is 0. The zero-order chi connectivity index (χ0) is 22.2. The molecule has 0 N–H and O–H groups in total. The molecule has 1 aromatic heterocycles. The van der Waals surface area contributed by atoms with Crippen LogP contribution in [0.3, 0.4) is 0 Å². The summed E-state index contributed by atoms with van der Waals surface area (Å²) in [6.07, 6.45) is 6.41. The first kappa shape index (κ1) is 25.1. The summed E-state index contributed by atoms with van der Waals surface area (Å²) in [6.45, 7) is 16.7. The van der Waals surface area contributed by atoms with E-state index in [2.05, 4.69) is 34.7 Å². The molecule has 0 aliphatic rings. The maximum Gasteiger partial charge on any atom is 0.328 e. The van der Waals surface area contributed by atoms with Crippen LogP contribution < -0.4 is 14.2 Å². The average molecular weight is 424 g/mol. The van der Waals surface area contributed by atoms with Gasteiger partial charge in [0.25, 0.3) is 0 Å². The third-order valence-corrected chi connectivity index (χ3v) is 3.60. The second-order valence-electron chi connectivity index (χ2n) is 6.10. The summed E-state index contributed by atoms with van der Waals surface area (Å²) in [5.41, 5.74) is 0. The molecule has 30 heavy (non-hydrogen) atoms. The highest BCUT2D eigenvalue weighted by Gasteiger charge is 2.20. The van der Waals surface area contributed by atoms with Crippen molar-refractivity contribution in [2.75, 3.05) is 0 Å². The van der Waals surface area contributed by atoms with Crippen LogP contribution in [0.5, 0.6) is 18.0 Å². The molecular formula is C21H33N3O6. The number of hydrogen-bond acceptors (Lipinski definition) is 9. The fourth-order valence-corrected chi connectivity index (χ4v) is 2.32. The molecule has 3 unspecified atom stereocenters. The lowest BCUT2D eigenvalue weighted by Crippen LogP contribution is -2.24. The van der Waals surface area contributed by atoms with Crippen molar-refractivity contribution in [1.82, 2.24) is 15.0 Å². The monoisotopic (exact) mass is 423 g/mol. The van der Waals surface area contributed by atoms with Crippen molar-refractivity contribution in [2.24, 2.45) is 0 Å². The molecule has 0 saturated carbocycles. The lowest BCUT2D eigenvalue weighted by Gasteiger charge is -2.20. The van der Waals surface area contributed by atoms with E-state index in [1.54, 1.807) is 0 Å². The summed E-state index contributed by atoms with van der Waals surface area (Å²) in [4.78, 5) is 12.6. The van der Waals surface area contributed by atoms with E-state index >= 15 is 0 Å². The zero-order valence-electron chi connectivity index (χ0n) is 18.1. The maximum atomic E-state index is 5.74. The smallest absolute Gasteiger partial charge is 0.328 e. The molecule has 0 aliphatic heterocycles. The van der Waals surface area contributed by atoms with E-state index in [1.165, 1.54) is 18.8 Å². The highest BCUT2D eigenvalue weighted by Crippen LogP contribution is 2.21. The Kier molecular flexibility index (Phi) is 12.5. The van der Waals surface area contributed by atoms with Crippen LogP contribution in [0.4, 0.5) is 0 Å². The number of aromatic nitrogens is 3. The number of rotatable bonds is 18. The Hall–Kier alpha value is -2.97. The van der Waals surface area contributed by atoms with Crippen LogP contribution in [-0.2, 0) is 14.2 Å². The molecule has 9 nitrogen and oxygen atoms in total. The molecule has 0 spiro atoms. The largest absolute Gasteiger partial charge is 0.463 e. The molecule has 0 aliphatic carbocycles. The lowest BCUT2D eigenvalue weighted by atomic mass is 10.3. The van der Waals surface area contributed by atoms with Gasteiger partial charge in [-0.05, 0) is 19.3 Å². The summed E-state index contributed by atoms with van der Waals surface area (Å²) in [7, 11) is 0. The Morgan fingerprint density at radius 1 is 0.600 bits per heavy atom. The molecule has 9 heteroatoms. The summed E-state index contributed by atoms with van der Waals surface area (Å²) in [5, 5.41) is 0. The quantitative estimate of drug-likeness (QED) is 0.242. The van der Waals surface area contributed by atoms with Gasteiger partial charge in [-0.2, -0.15) is 0 Å². The summed E-state index contributed by atoms with van der Waals surface area (Å²) in [6, 6.07) is -0.0472. The van der Waals surface area contributed by atoms with Crippen LogP contribution in [0.2, 0.25) is 0 Å². The van der Waals surface area contributed by atoms with Gasteiger partial charge >= 0.3 is 18.0 Å². The third kappa shape index (κ3) is 9.49. The maximum absolute atomic E-state index is 5.74. The normalized spacial score (nSPS) is 13.3. The summed E-state index contributed by atoms with van der Waals surface area (Å²) < 4.78 is 33.3. The SMILES string of the molecule is C=COC(CCC)Oc1nc(OC(CCC)OC=C)nc(OC(CCC)OC=C)n1. The predicted molar refractivity (Wildman–Crippen MR) is 112 cm³/mol. The Bertz CT molecular complexity index is 545. The van der Waals surface area contributed by atoms with Gasteiger partial charge in [0.1, 0.15) is 0 Å². The Morgan fingerprint density at radius 2 is 0.867 bits per heavy atom. The van der Waals surface area contributed by atoms with E-state index in [0.29, 0.717) is 19.3 Å². The Labute approximate surface area is 178 Å². The van der Waals surface area contributed by atoms with Gasteiger partial charge in [0.15, 0.2) is 0 Å². The minimum atomic E-state index is -0.609. The average Bonchev–Trinajstić information content (AvgIpc) is 2.69. The van der Waals surface area contributed by atoms with Gasteiger partial charge in [-0.25, -0.2) is 0 Å². The summed E-state index contributed by atoms with van der Waals surface area (Å²) >= 11 is 0. The molecule has 1 heterocycles. The van der Waals surface area contributed by atoms with E-state index in [4.69, 9.17) is 28.4 Å². The molecule has 1 rings (SSSR count). The van der Waals surface area contributed by atoms with Crippen LogP contribution in [0, 0.1) is 0 Å². The number of hydrogen-bond donors (Lipinski definition) is 0. The second-order valence-corrected chi connectivity index (χ2v) is 6.10. The van der Waals surface area contributed by atoms with Crippen molar-refractivity contribution in [3.05, 3.63) is 38.5 Å². The molecular weight excluding hydrogens is 390 g/mol. The first-order valence-electron chi connectivity index (χ1n) is 10.1. The van der Waals surface area contributed by atoms with Crippen molar-refractivity contribution in [3.8, 4) is 18.0 Å². The topological polar surface area (TPSA) is 94.1 Å². The lowest BCUT2D eigenvalue weighted by molar-refractivity contribution is -0.0574. The van der Waals surface area contributed by atoms with Crippen LogP contribution >= 0.6 is 0 Å². The predicted octanol–water partition coefficient (Wildman–Crippen LogP) is 4.87. The van der Waals surface area contributed by atoms with E-state index in [-0.39, 0.29) is 18.0 Å². The van der Waals surface area contributed by atoms with Crippen molar-refractivity contribution in [3.63, 3.8) is 0 Å². The van der Waals surface area contributed by atoms with E-state index in [1.807, 2.05) is 20.8 Å². The molecule has 0 radical (unpaired) electrons. The van der Waals surface area contributed by atoms with Crippen LogP contribution in [0.15, 0.2) is 38.5 Å². The zero-order valence-corrected chi connectivity index (χ0v) is 18.1. The van der Waals surface area contributed by atoms with Gasteiger partial charge in [-0.1, -0.05) is 40.5 Å².